The normalized spacial score (nSPS) is 11.7. The van der Waals surface area contributed by atoms with Crippen molar-refractivity contribution in [1.82, 2.24) is 10.6 Å². The highest BCUT2D eigenvalue weighted by Crippen LogP contribution is 2.05. The lowest BCUT2D eigenvalue weighted by atomic mass is 10.1. The Labute approximate surface area is 124 Å². The van der Waals surface area contributed by atoms with Gasteiger partial charge in [-0.1, -0.05) is 12.1 Å². The van der Waals surface area contributed by atoms with Gasteiger partial charge in [0.2, 0.25) is 0 Å². The molecule has 0 heterocycles. The molecule has 6 nitrogen and oxygen atoms in total. The van der Waals surface area contributed by atoms with Gasteiger partial charge in [-0.15, -0.1) is 0 Å². The van der Waals surface area contributed by atoms with Gasteiger partial charge < -0.3 is 20.5 Å². The van der Waals surface area contributed by atoms with E-state index >= 15 is 0 Å². The van der Waals surface area contributed by atoms with Gasteiger partial charge in [-0.2, -0.15) is 0 Å². The van der Waals surface area contributed by atoms with Gasteiger partial charge in [0.15, 0.2) is 0 Å². The molecule has 1 aromatic rings. The predicted molar refractivity (Wildman–Crippen MR) is 79.6 cm³/mol. The lowest BCUT2D eigenvalue weighted by Crippen LogP contribution is -2.43. The number of urea groups is 1. The van der Waals surface area contributed by atoms with Crippen molar-refractivity contribution >= 4 is 12.0 Å². The number of hydrogen-bond donors (Lipinski definition) is 3. The molecule has 0 aromatic heterocycles. The Kier molecular flexibility index (Phi) is 7.25. The minimum absolute atomic E-state index is 0.0553. The van der Waals surface area contributed by atoms with E-state index in [0.717, 1.165) is 5.56 Å². The lowest BCUT2D eigenvalue weighted by molar-refractivity contribution is 0.0696. The standard InChI is InChI=1S/C15H22N2O4/c1-3-21-10-11(2)17-15(20)16-8-7-12-5-4-6-13(9-12)14(18)19/h4-6,9,11H,3,7-8,10H2,1-2H3,(H,18,19)(H2,16,17,20). The number of carbonyl (C=O) groups excluding carboxylic acids is 1. The number of hydrogen-bond acceptors (Lipinski definition) is 3. The summed E-state index contributed by atoms with van der Waals surface area (Å²) in [4.78, 5) is 22.5. The number of ether oxygens (including phenoxy) is 1. The lowest BCUT2D eigenvalue weighted by Gasteiger charge is -2.14. The van der Waals surface area contributed by atoms with Crippen LogP contribution in [0.4, 0.5) is 4.79 Å². The topological polar surface area (TPSA) is 87.7 Å². The van der Waals surface area contributed by atoms with Crippen LogP contribution in [0.25, 0.3) is 0 Å². The smallest absolute Gasteiger partial charge is 0.335 e. The first-order valence-electron chi connectivity index (χ1n) is 6.97. The zero-order valence-corrected chi connectivity index (χ0v) is 12.4. The SMILES string of the molecule is CCOCC(C)NC(=O)NCCc1cccc(C(=O)O)c1. The average molecular weight is 294 g/mol. The molecule has 0 radical (unpaired) electrons. The van der Waals surface area contributed by atoms with E-state index in [2.05, 4.69) is 10.6 Å². The molecule has 0 aliphatic heterocycles. The van der Waals surface area contributed by atoms with Crippen molar-refractivity contribution in [1.29, 1.82) is 0 Å². The number of aromatic carboxylic acids is 1. The fourth-order valence-corrected chi connectivity index (χ4v) is 1.79. The Bertz CT molecular complexity index is 476. The van der Waals surface area contributed by atoms with Crippen LogP contribution in [-0.2, 0) is 11.2 Å². The Morgan fingerprint density at radius 3 is 2.81 bits per heavy atom. The number of carbonyl (C=O) groups is 2. The summed E-state index contributed by atoms with van der Waals surface area (Å²) < 4.78 is 5.21. The molecule has 6 heteroatoms. The maximum atomic E-state index is 11.6. The van der Waals surface area contributed by atoms with E-state index in [0.29, 0.717) is 26.2 Å². The van der Waals surface area contributed by atoms with Crippen molar-refractivity contribution < 1.29 is 19.4 Å². The Hall–Kier alpha value is -2.08. The molecule has 0 fully saturated rings. The van der Waals surface area contributed by atoms with E-state index in [1.807, 2.05) is 19.9 Å². The molecule has 1 atom stereocenters. The van der Waals surface area contributed by atoms with Gasteiger partial charge in [0.05, 0.1) is 18.2 Å². The second-order valence-electron chi connectivity index (χ2n) is 4.72. The quantitative estimate of drug-likeness (QED) is 0.680. The van der Waals surface area contributed by atoms with E-state index in [9.17, 15) is 9.59 Å². The summed E-state index contributed by atoms with van der Waals surface area (Å²) in [5.41, 5.74) is 1.12. The Morgan fingerprint density at radius 2 is 2.14 bits per heavy atom. The molecule has 0 bridgehead atoms. The van der Waals surface area contributed by atoms with Crippen molar-refractivity contribution in [3.8, 4) is 0 Å². The van der Waals surface area contributed by atoms with Gasteiger partial charge in [0, 0.05) is 13.2 Å². The number of carboxylic acid groups (broad SMARTS) is 1. The molecule has 0 spiro atoms. The fourth-order valence-electron chi connectivity index (χ4n) is 1.79. The molecule has 2 amide bonds. The van der Waals surface area contributed by atoms with Gasteiger partial charge in [0.1, 0.15) is 0 Å². The van der Waals surface area contributed by atoms with Crippen LogP contribution in [0.1, 0.15) is 29.8 Å². The summed E-state index contributed by atoms with van der Waals surface area (Å²) in [6.07, 6.45) is 0.578. The number of nitrogens with one attached hydrogen (secondary N) is 2. The third-order valence-electron chi connectivity index (χ3n) is 2.82. The second kappa shape index (κ2) is 8.97. The van der Waals surface area contributed by atoms with E-state index in [-0.39, 0.29) is 17.6 Å². The summed E-state index contributed by atoms with van der Waals surface area (Å²) in [5, 5.41) is 14.4. The number of amides is 2. The summed E-state index contributed by atoms with van der Waals surface area (Å²) >= 11 is 0. The largest absolute Gasteiger partial charge is 0.478 e. The number of benzene rings is 1. The van der Waals surface area contributed by atoms with Crippen LogP contribution < -0.4 is 10.6 Å². The first kappa shape index (κ1) is 17.0. The van der Waals surface area contributed by atoms with Crippen LogP contribution in [0.15, 0.2) is 24.3 Å². The maximum Gasteiger partial charge on any atom is 0.335 e. The van der Waals surface area contributed by atoms with Gasteiger partial charge in [0.25, 0.3) is 0 Å². The molecule has 0 aliphatic rings. The summed E-state index contributed by atoms with van der Waals surface area (Å²) in [6.45, 7) is 5.30. The third kappa shape index (κ3) is 6.76. The molecule has 1 unspecified atom stereocenters. The van der Waals surface area contributed by atoms with Crippen LogP contribution in [0, 0.1) is 0 Å². The van der Waals surface area contributed by atoms with Crippen molar-refractivity contribution in [3.05, 3.63) is 35.4 Å². The summed E-state index contributed by atoms with van der Waals surface area (Å²) in [5.74, 6) is -0.952. The third-order valence-corrected chi connectivity index (χ3v) is 2.82. The zero-order chi connectivity index (χ0) is 15.7. The highest BCUT2D eigenvalue weighted by atomic mass is 16.5. The molecule has 1 rings (SSSR count). The monoisotopic (exact) mass is 294 g/mol. The minimum Gasteiger partial charge on any atom is -0.478 e. The van der Waals surface area contributed by atoms with Crippen LogP contribution in [-0.4, -0.2) is 42.9 Å². The van der Waals surface area contributed by atoms with Crippen molar-refractivity contribution in [3.63, 3.8) is 0 Å². The van der Waals surface area contributed by atoms with E-state index in [1.54, 1.807) is 18.2 Å². The van der Waals surface area contributed by atoms with Crippen molar-refractivity contribution in [2.24, 2.45) is 0 Å². The molecule has 116 valence electrons. The molecule has 3 N–H and O–H groups in total. The molecule has 0 aliphatic carbocycles. The first-order chi connectivity index (χ1) is 10.0. The number of rotatable bonds is 8. The van der Waals surface area contributed by atoms with E-state index in [4.69, 9.17) is 9.84 Å². The maximum absolute atomic E-state index is 11.6. The van der Waals surface area contributed by atoms with Crippen LogP contribution in [0.5, 0.6) is 0 Å². The van der Waals surface area contributed by atoms with Crippen molar-refractivity contribution in [2.45, 2.75) is 26.3 Å². The zero-order valence-electron chi connectivity index (χ0n) is 12.4. The van der Waals surface area contributed by atoms with Gasteiger partial charge in [-0.25, -0.2) is 9.59 Å². The highest BCUT2D eigenvalue weighted by molar-refractivity contribution is 5.87. The van der Waals surface area contributed by atoms with Crippen LogP contribution in [0.3, 0.4) is 0 Å². The Balaban J connectivity index is 2.31. The summed E-state index contributed by atoms with van der Waals surface area (Å²) in [6, 6.07) is 6.38. The summed E-state index contributed by atoms with van der Waals surface area (Å²) in [7, 11) is 0. The second-order valence-corrected chi connectivity index (χ2v) is 4.72. The highest BCUT2D eigenvalue weighted by Gasteiger charge is 2.07. The van der Waals surface area contributed by atoms with E-state index in [1.165, 1.54) is 0 Å². The van der Waals surface area contributed by atoms with E-state index < -0.39 is 5.97 Å². The average Bonchev–Trinajstić information content (AvgIpc) is 2.45. The molecule has 0 saturated heterocycles. The van der Waals surface area contributed by atoms with Crippen LogP contribution >= 0.6 is 0 Å². The number of carboxylic acids is 1. The Morgan fingerprint density at radius 1 is 1.38 bits per heavy atom. The molecular weight excluding hydrogens is 272 g/mol. The van der Waals surface area contributed by atoms with Gasteiger partial charge in [-0.3, -0.25) is 0 Å². The molecule has 1 aromatic carbocycles. The van der Waals surface area contributed by atoms with Crippen LogP contribution in [0.2, 0.25) is 0 Å². The fraction of sp³-hybridized carbons (Fsp3) is 0.467. The minimum atomic E-state index is -0.952. The first-order valence-corrected chi connectivity index (χ1v) is 6.97. The van der Waals surface area contributed by atoms with Gasteiger partial charge in [-0.05, 0) is 38.0 Å². The molecule has 21 heavy (non-hydrogen) atoms. The van der Waals surface area contributed by atoms with Crippen molar-refractivity contribution in [2.75, 3.05) is 19.8 Å². The predicted octanol–water partition coefficient (Wildman–Crippen LogP) is 1.65. The van der Waals surface area contributed by atoms with Gasteiger partial charge >= 0.3 is 12.0 Å². The molecular formula is C15H22N2O4. The molecule has 0 saturated carbocycles.